The average Bonchev–Trinajstić information content (AvgIpc) is 3.29. The number of fused-ring (bicyclic) bond motifs is 1. The highest BCUT2D eigenvalue weighted by molar-refractivity contribution is 5.99. The number of amides is 1. The van der Waals surface area contributed by atoms with Gasteiger partial charge in [-0.2, -0.15) is 0 Å². The van der Waals surface area contributed by atoms with Crippen LogP contribution in [0.15, 0.2) is 79.4 Å². The minimum Gasteiger partial charge on any atom is -0.344 e. The van der Waals surface area contributed by atoms with Crippen molar-refractivity contribution in [2.75, 3.05) is 0 Å². The zero-order valence-corrected chi connectivity index (χ0v) is 18.6. The SMILES string of the molecule is Cc1c(-c2nnc3ccccn23)cc(-c2ccccc2)c(F)c1C(=O)NC(C)c1cnccn1. The lowest BCUT2D eigenvalue weighted by Crippen LogP contribution is -2.29. The number of pyridine rings is 1. The first-order chi connectivity index (χ1) is 16.5. The van der Waals surface area contributed by atoms with Crippen LogP contribution in [-0.2, 0) is 0 Å². The van der Waals surface area contributed by atoms with Crippen LogP contribution in [-0.4, -0.2) is 30.5 Å². The van der Waals surface area contributed by atoms with Gasteiger partial charge in [-0.15, -0.1) is 10.2 Å². The van der Waals surface area contributed by atoms with Crippen molar-refractivity contribution in [1.82, 2.24) is 29.9 Å². The highest BCUT2D eigenvalue weighted by Gasteiger charge is 2.26. The number of halogens is 1. The van der Waals surface area contributed by atoms with E-state index in [1.807, 2.05) is 59.1 Å². The molecule has 8 heteroatoms. The Kier molecular flexibility index (Phi) is 5.55. The molecule has 1 amide bonds. The summed E-state index contributed by atoms with van der Waals surface area (Å²) in [7, 11) is 0. The van der Waals surface area contributed by atoms with Crippen LogP contribution in [0.5, 0.6) is 0 Å². The number of benzene rings is 2. The molecule has 0 aliphatic heterocycles. The summed E-state index contributed by atoms with van der Waals surface area (Å²) in [4.78, 5) is 21.7. The molecule has 0 fully saturated rings. The predicted molar refractivity (Wildman–Crippen MR) is 126 cm³/mol. The summed E-state index contributed by atoms with van der Waals surface area (Å²) in [6, 6.07) is 16.0. The number of nitrogens with zero attached hydrogens (tertiary/aromatic N) is 5. The minimum atomic E-state index is -0.592. The van der Waals surface area contributed by atoms with Crippen molar-refractivity contribution in [3.63, 3.8) is 0 Å². The molecule has 1 N–H and O–H groups in total. The quantitative estimate of drug-likeness (QED) is 0.414. The molecular formula is C26H21FN6O. The molecule has 0 saturated heterocycles. The summed E-state index contributed by atoms with van der Waals surface area (Å²) in [5, 5.41) is 11.4. The predicted octanol–water partition coefficient (Wildman–Crippen LogP) is 4.79. The first kappa shape index (κ1) is 21.4. The standard InChI is InChI=1S/C26H21FN6O/c1-16-19(25-32-31-22-10-6-7-13-33(22)25)14-20(18-8-4-3-5-9-18)24(27)23(16)26(34)30-17(2)21-15-28-11-12-29-21/h3-15,17H,1-2H3,(H,30,34). The molecule has 0 spiro atoms. The van der Waals surface area contributed by atoms with Crippen molar-refractivity contribution >= 4 is 11.6 Å². The summed E-state index contributed by atoms with van der Waals surface area (Å²) in [6.07, 6.45) is 6.52. The van der Waals surface area contributed by atoms with Crippen LogP contribution in [0.1, 0.15) is 34.6 Å². The maximum absolute atomic E-state index is 15.9. The maximum atomic E-state index is 15.9. The van der Waals surface area contributed by atoms with Gasteiger partial charge < -0.3 is 5.32 Å². The van der Waals surface area contributed by atoms with Crippen LogP contribution in [0.2, 0.25) is 0 Å². The third-order valence-electron chi connectivity index (χ3n) is 5.76. The Balaban J connectivity index is 1.68. The normalized spacial score (nSPS) is 12.0. The monoisotopic (exact) mass is 452 g/mol. The fourth-order valence-corrected chi connectivity index (χ4v) is 3.98. The zero-order chi connectivity index (χ0) is 23.7. The van der Waals surface area contributed by atoms with Gasteiger partial charge in [-0.25, -0.2) is 4.39 Å². The second-order valence-electron chi connectivity index (χ2n) is 7.93. The van der Waals surface area contributed by atoms with Crippen LogP contribution in [0.25, 0.3) is 28.2 Å². The van der Waals surface area contributed by atoms with E-state index in [1.54, 1.807) is 38.5 Å². The number of hydrogen-bond acceptors (Lipinski definition) is 5. The number of rotatable bonds is 5. The Morgan fingerprint density at radius 2 is 1.82 bits per heavy atom. The number of nitrogens with one attached hydrogen (secondary N) is 1. The van der Waals surface area contributed by atoms with Crippen molar-refractivity contribution in [2.24, 2.45) is 0 Å². The maximum Gasteiger partial charge on any atom is 0.255 e. The van der Waals surface area contributed by atoms with E-state index in [-0.39, 0.29) is 5.56 Å². The lowest BCUT2D eigenvalue weighted by molar-refractivity contribution is 0.0934. The van der Waals surface area contributed by atoms with Crippen LogP contribution >= 0.6 is 0 Å². The molecule has 5 rings (SSSR count). The van der Waals surface area contributed by atoms with Gasteiger partial charge in [-0.05, 0) is 43.2 Å². The molecule has 34 heavy (non-hydrogen) atoms. The highest BCUT2D eigenvalue weighted by Crippen LogP contribution is 2.34. The van der Waals surface area contributed by atoms with Crippen molar-refractivity contribution in [3.8, 4) is 22.5 Å². The van der Waals surface area contributed by atoms with Crippen LogP contribution < -0.4 is 5.32 Å². The third kappa shape index (κ3) is 3.79. The molecule has 0 saturated carbocycles. The molecule has 1 unspecified atom stereocenters. The molecule has 3 heterocycles. The topological polar surface area (TPSA) is 85.1 Å². The average molecular weight is 452 g/mol. The Bertz CT molecular complexity index is 1480. The lowest BCUT2D eigenvalue weighted by atomic mass is 9.93. The van der Waals surface area contributed by atoms with Crippen LogP contribution in [0.4, 0.5) is 4.39 Å². The summed E-state index contributed by atoms with van der Waals surface area (Å²) in [6.45, 7) is 3.50. The molecule has 168 valence electrons. The van der Waals surface area contributed by atoms with Crippen LogP contribution in [0.3, 0.4) is 0 Å². The van der Waals surface area contributed by atoms with E-state index in [4.69, 9.17) is 0 Å². The van der Waals surface area contributed by atoms with Gasteiger partial charge in [-0.3, -0.25) is 19.2 Å². The summed E-state index contributed by atoms with van der Waals surface area (Å²) in [5.74, 6) is -0.604. The van der Waals surface area contributed by atoms with Crippen molar-refractivity contribution in [3.05, 3.63) is 102 Å². The fourth-order valence-electron chi connectivity index (χ4n) is 3.98. The van der Waals surface area contributed by atoms with E-state index < -0.39 is 17.8 Å². The van der Waals surface area contributed by atoms with Gasteiger partial charge in [0, 0.05) is 29.7 Å². The first-order valence-corrected chi connectivity index (χ1v) is 10.8. The number of carbonyl (C=O) groups excluding carboxylic acids is 1. The zero-order valence-electron chi connectivity index (χ0n) is 18.6. The van der Waals surface area contributed by atoms with E-state index in [1.165, 1.54) is 0 Å². The number of hydrogen-bond donors (Lipinski definition) is 1. The highest BCUT2D eigenvalue weighted by atomic mass is 19.1. The second kappa shape index (κ2) is 8.82. The van der Waals surface area contributed by atoms with E-state index in [0.29, 0.717) is 39.4 Å². The number of aromatic nitrogens is 5. The summed E-state index contributed by atoms with van der Waals surface area (Å²) >= 11 is 0. The van der Waals surface area contributed by atoms with Gasteiger partial charge in [0.25, 0.3) is 5.91 Å². The van der Waals surface area contributed by atoms with Gasteiger partial charge in [0.1, 0.15) is 5.82 Å². The molecule has 0 aliphatic rings. The molecule has 5 aromatic rings. The fraction of sp³-hybridized carbons (Fsp3) is 0.115. The Hall–Kier alpha value is -4.46. The van der Waals surface area contributed by atoms with Gasteiger partial charge in [0.2, 0.25) is 0 Å². The number of carbonyl (C=O) groups is 1. The van der Waals surface area contributed by atoms with Crippen molar-refractivity contribution < 1.29 is 9.18 Å². The smallest absolute Gasteiger partial charge is 0.255 e. The molecule has 0 radical (unpaired) electrons. The largest absolute Gasteiger partial charge is 0.344 e. The van der Waals surface area contributed by atoms with Gasteiger partial charge in [-0.1, -0.05) is 36.4 Å². The molecule has 0 bridgehead atoms. The third-order valence-corrected chi connectivity index (χ3v) is 5.76. The Morgan fingerprint density at radius 1 is 1.03 bits per heavy atom. The minimum absolute atomic E-state index is 0.0419. The van der Waals surface area contributed by atoms with Crippen molar-refractivity contribution in [2.45, 2.75) is 19.9 Å². The molecule has 0 aliphatic carbocycles. The Labute approximate surface area is 195 Å². The molecular weight excluding hydrogens is 431 g/mol. The molecule has 1 atom stereocenters. The molecule has 3 aromatic heterocycles. The Morgan fingerprint density at radius 3 is 2.59 bits per heavy atom. The van der Waals surface area contributed by atoms with E-state index in [9.17, 15) is 4.79 Å². The van der Waals surface area contributed by atoms with E-state index in [0.717, 1.165) is 0 Å². The molecule has 7 nitrogen and oxygen atoms in total. The summed E-state index contributed by atoms with van der Waals surface area (Å²) < 4.78 is 17.7. The van der Waals surface area contributed by atoms with Gasteiger partial charge >= 0.3 is 0 Å². The van der Waals surface area contributed by atoms with Crippen molar-refractivity contribution in [1.29, 1.82) is 0 Å². The van der Waals surface area contributed by atoms with Crippen LogP contribution in [0, 0.1) is 12.7 Å². The van der Waals surface area contributed by atoms with Gasteiger partial charge in [0.15, 0.2) is 11.5 Å². The van der Waals surface area contributed by atoms with Gasteiger partial charge in [0.05, 0.1) is 23.5 Å². The van der Waals surface area contributed by atoms with E-state index >= 15 is 4.39 Å². The first-order valence-electron chi connectivity index (χ1n) is 10.8. The summed E-state index contributed by atoms with van der Waals surface area (Å²) in [5.41, 5.74) is 3.26. The van der Waals surface area contributed by atoms with E-state index in [2.05, 4.69) is 25.5 Å². The second-order valence-corrected chi connectivity index (χ2v) is 7.93. The lowest BCUT2D eigenvalue weighted by Gasteiger charge is -2.18. The molecule has 2 aromatic carbocycles.